The van der Waals surface area contributed by atoms with Crippen molar-refractivity contribution in [2.45, 2.75) is 19.4 Å². The number of ether oxygens (including phenoxy) is 1. The molecule has 0 bridgehead atoms. The van der Waals surface area contributed by atoms with Gasteiger partial charge in [-0.3, -0.25) is 0 Å². The molecule has 0 aliphatic heterocycles. The van der Waals surface area contributed by atoms with E-state index >= 15 is 0 Å². The fraction of sp³-hybridized carbons (Fsp3) is 0.300. The summed E-state index contributed by atoms with van der Waals surface area (Å²) < 4.78 is 5.83. The van der Waals surface area contributed by atoms with E-state index in [1.165, 1.54) is 0 Å². The second-order valence-corrected chi connectivity index (χ2v) is 4.00. The standard InChI is InChI=1S/C10H12BrNO2/c1-7(14-10(12)13)5-8-3-2-4-9(11)6-8/h2-4,6-7H,5H2,1H3,(H2,12,13)/t7-/m1/s1. The smallest absolute Gasteiger partial charge is 0.404 e. The monoisotopic (exact) mass is 257 g/mol. The van der Waals surface area contributed by atoms with Gasteiger partial charge in [0.05, 0.1) is 0 Å². The lowest BCUT2D eigenvalue weighted by molar-refractivity contribution is 0.116. The van der Waals surface area contributed by atoms with Crippen molar-refractivity contribution < 1.29 is 9.53 Å². The van der Waals surface area contributed by atoms with Crippen molar-refractivity contribution in [1.82, 2.24) is 0 Å². The lowest BCUT2D eigenvalue weighted by atomic mass is 10.1. The summed E-state index contributed by atoms with van der Waals surface area (Å²) in [6.45, 7) is 1.81. The van der Waals surface area contributed by atoms with E-state index in [0.29, 0.717) is 6.42 Å². The molecule has 1 aromatic carbocycles. The molecule has 0 heterocycles. The van der Waals surface area contributed by atoms with Gasteiger partial charge in [-0.1, -0.05) is 28.1 Å². The van der Waals surface area contributed by atoms with Crippen molar-refractivity contribution in [3.8, 4) is 0 Å². The third kappa shape index (κ3) is 3.79. The molecule has 0 unspecified atom stereocenters. The van der Waals surface area contributed by atoms with Gasteiger partial charge in [-0.2, -0.15) is 0 Å². The van der Waals surface area contributed by atoms with Crippen LogP contribution < -0.4 is 5.73 Å². The van der Waals surface area contributed by atoms with E-state index in [9.17, 15) is 4.79 Å². The van der Waals surface area contributed by atoms with Crippen molar-refractivity contribution in [1.29, 1.82) is 0 Å². The van der Waals surface area contributed by atoms with Crippen molar-refractivity contribution >= 4 is 22.0 Å². The Labute approximate surface area is 91.4 Å². The Bertz CT molecular complexity index is 328. The molecule has 0 radical (unpaired) electrons. The van der Waals surface area contributed by atoms with E-state index in [-0.39, 0.29) is 6.10 Å². The predicted octanol–water partition coefficient (Wildman–Crippen LogP) is 2.48. The minimum atomic E-state index is -0.729. The molecule has 0 spiro atoms. The summed E-state index contributed by atoms with van der Waals surface area (Å²) in [5.41, 5.74) is 6.01. The molecule has 76 valence electrons. The number of hydrogen-bond donors (Lipinski definition) is 1. The third-order valence-corrected chi connectivity index (χ3v) is 2.22. The fourth-order valence-corrected chi connectivity index (χ4v) is 1.68. The molecule has 2 N–H and O–H groups in total. The Morgan fingerprint density at radius 2 is 2.36 bits per heavy atom. The van der Waals surface area contributed by atoms with Crippen LogP contribution in [0, 0.1) is 0 Å². The van der Waals surface area contributed by atoms with Gasteiger partial charge in [0, 0.05) is 10.9 Å². The molecule has 1 amide bonds. The third-order valence-electron chi connectivity index (χ3n) is 1.73. The highest BCUT2D eigenvalue weighted by atomic mass is 79.9. The molecule has 0 saturated carbocycles. The van der Waals surface area contributed by atoms with Crippen molar-refractivity contribution in [3.63, 3.8) is 0 Å². The fourth-order valence-electron chi connectivity index (χ4n) is 1.24. The van der Waals surface area contributed by atoms with Gasteiger partial charge in [0.2, 0.25) is 0 Å². The Morgan fingerprint density at radius 3 is 2.93 bits per heavy atom. The Balaban J connectivity index is 2.55. The first kappa shape index (κ1) is 11.0. The van der Waals surface area contributed by atoms with Gasteiger partial charge in [0.25, 0.3) is 0 Å². The minimum Gasteiger partial charge on any atom is -0.446 e. The van der Waals surface area contributed by atoms with Crippen LogP contribution in [0.3, 0.4) is 0 Å². The number of hydrogen-bond acceptors (Lipinski definition) is 2. The van der Waals surface area contributed by atoms with Crippen LogP contribution in [0.4, 0.5) is 4.79 Å². The number of carbonyl (C=O) groups is 1. The van der Waals surface area contributed by atoms with Crippen LogP contribution in [-0.2, 0) is 11.2 Å². The maximum atomic E-state index is 10.5. The van der Waals surface area contributed by atoms with E-state index in [1.807, 2.05) is 31.2 Å². The van der Waals surface area contributed by atoms with Crippen molar-refractivity contribution in [2.75, 3.05) is 0 Å². The highest BCUT2D eigenvalue weighted by molar-refractivity contribution is 9.10. The van der Waals surface area contributed by atoms with Gasteiger partial charge in [0.15, 0.2) is 0 Å². The van der Waals surface area contributed by atoms with Crippen LogP contribution >= 0.6 is 15.9 Å². The van der Waals surface area contributed by atoms with Gasteiger partial charge in [-0.15, -0.1) is 0 Å². The number of halogens is 1. The molecule has 1 rings (SSSR count). The van der Waals surface area contributed by atoms with Gasteiger partial charge in [-0.25, -0.2) is 4.79 Å². The molecule has 3 nitrogen and oxygen atoms in total. The second-order valence-electron chi connectivity index (χ2n) is 3.08. The highest BCUT2D eigenvalue weighted by Crippen LogP contribution is 2.13. The van der Waals surface area contributed by atoms with Gasteiger partial charge in [0.1, 0.15) is 6.10 Å². The molecule has 0 aliphatic rings. The first-order chi connectivity index (χ1) is 6.58. The summed E-state index contributed by atoms with van der Waals surface area (Å²) in [7, 11) is 0. The molecule has 0 fully saturated rings. The van der Waals surface area contributed by atoms with E-state index in [0.717, 1.165) is 10.0 Å². The number of benzene rings is 1. The van der Waals surface area contributed by atoms with E-state index in [1.54, 1.807) is 0 Å². The summed E-state index contributed by atoms with van der Waals surface area (Å²) in [6, 6.07) is 7.85. The zero-order chi connectivity index (χ0) is 10.6. The molecule has 1 aromatic rings. The molecule has 14 heavy (non-hydrogen) atoms. The highest BCUT2D eigenvalue weighted by Gasteiger charge is 2.06. The van der Waals surface area contributed by atoms with Crippen LogP contribution in [0.25, 0.3) is 0 Å². The van der Waals surface area contributed by atoms with Gasteiger partial charge in [-0.05, 0) is 24.6 Å². The molecule has 0 saturated heterocycles. The summed E-state index contributed by atoms with van der Waals surface area (Å²) in [5.74, 6) is 0. The first-order valence-corrected chi connectivity index (χ1v) is 5.08. The van der Waals surface area contributed by atoms with Gasteiger partial charge >= 0.3 is 6.09 Å². The molecular formula is C10H12BrNO2. The molecular weight excluding hydrogens is 246 g/mol. The van der Waals surface area contributed by atoms with Crippen molar-refractivity contribution in [3.05, 3.63) is 34.3 Å². The minimum absolute atomic E-state index is 0.193. The van der Waals surface area contributed by atoms with E-state index in [2.05, 4.69) is 15.9 Å². The number of carbonyl (C=O) groups excluding carboxylic acids is 1. The molecule has 0 aliphatic carbocycles. The van der Waals surface area contributed by atoms with Gasteiger partial charge < -0.3 is 10.5 Å². The Hall–Kier alpha value is -1.03. The predicted molar refractivity (Wildman–Crippen MR) is 58.0 cm³/mol. The average Bonchev–Trinajstić information content (AvgIpc) is 2.01. The number of amides is 1. The number of nitrogens with two attached hydrogens (primary N) is 1. The lowest BCUT2D eigenvalue weighted by Crippen LogP contribution is -2.21. The second kappa shape index (κ2) is 5.00. The molecule has 0 aromatic heterocycles. The van der Waals surface area contributed by atoms with Crippen LogP contribution in [0.15, 0.2) is 28.7 Å². The summed E-state index contributed by atoms with van der Waals surface area (Å²) in [6.07, 6.45) is -0.253. The van der Waals surface area contributed by atoms with Crippen LogP contribution in [0.1, 0.15) is 12.5 Å². The van der Waals surface area contributed by atoms with Crippen LogP contribution in [-0.4, -0.2) is 12.2 Å². The summed E-state index contributed by atoms with van der Waals surface area (Å²) in [4.78, 5) is 10.5. The zero-order valence-electron chi connectivity index (χ0n) is 7.87. The average molecular weight is 258 g/mol. The molecule has 4 heteroatoms. The van der Waals surface area contributed by atoms with E-state index in [4.69, 9.17) is 10.5 Å². The van der Waals surface area contributed by atoms with Crippen molar-refractivity contribution in [2.24, 2.45) is 5.73 Å². The number of primary amides is 1. The lowest BCUT2D eigenvalue weighted by Gasteiger charge is -2.11. The van der Waals surface area contributed by atoms with E-state index < -0.39 is 6.09 Å². The van der Waals surface area contributed by atoms with Crippen LogP contribution in [0.5, 0.6) is 0 Å². The normalized spacial score (nSPS) is 12.1. The maximum Gasteiger partial charge on any atom is 0.404 e. The molecule has 1 atom stereocenters. The van der Waals surface area contributed by atoms with Crippen LogP contribution in [0.2, 0.25) is 0 Å². The Kier molecular flexibility index (Phi) is 3.95. The largest absolute Gasteiger partial charge is 0.446 e. The zero-order valence-corrected chi connectivity index (χ0v) is 9.45. The Morgan fingerprint density at radius 1 is 1.64 bits per heavy atom. The first-order valence-electron chi connectivity index (χ1n) is 4.28. The SMILES string of the molecule is C[C@H](Cc1cccc(Br)c1)OC(N)=O. The number of rotatable bonds is 3. The quantitative estimate of drug-likeness (QED) is 0.905. The topological polar surface area (TPSA) is 52.3 Å². The summed E-state index contributed by atoms with van der Waals surface area (Å²) >= 11 is 3.37. The summed E-state index contributed by atoms with van der Waals surface area (Å²) in [5, 5.41) is 0. The maximum absolute atomic E-state index is 10.5.